The van der Waals surface area contributed by atoms with Crippen molar-refractivity contribution in [3.8, 4) is 11.5 Å². The molecule has 0 spiro atoms. The smallest absolute Gasteiger partial charge is 0.328 e. The lowest BCUT2D eigenvalue weighted by molar-refractivity contribution is -0.155. The highest BCUT2D eigenvalue weighted by molar-refractivity contribution is 5.98. The van der Waals surface area contributed by atoms with Crippen molar-refractivity contribution in [1.82, 2.24) is 10.3 Å². The highest BCUT2D eigenvalue weighted by atomic mass is 16.7. The molecule has 45 heavy (non-hydrogen) atoms. The molecule has 1 fully saturated rings. The lowest BCUT2D eigenvalue weighted by atomic mass is 9.77. The number of amides is 1. The molecule has 240 valence electrons. The van der Waals surface area contributed by atoms with E-state index in [0.717, 1.165) is 32.1 Å². The van der Waals surface area contributed by atoms with Gasteiger partial charge in [-0.05, 0) is 62.0 Å². The maximum atomic E-state index is 13.5. The molecule has 1 aliphatic heterocycles. The predicted molar refractivity (Wildman–Crippen MR) is 170 cm³/mol. The number of carbonyl (C=O) groups excluding carboxylic acids is 3. The van der Waals surface area contributed by atoms with Crippen molar-refractivity contribution in [1.29, 1.82) is 0 Å². The standard InChI is InChI=1S/C36H44N2O7/c1-24(2)35(40)44-23-43-33-31(42-4)20-21-37-32(33)34(39)38-30-17-11-16-28(22-27-14-9-6-10-15-27)29(25(3)45-36(30)41)19-18-26-12-7-5-8-13-26/h5-10,12-15,20-21,24-25,28-30H,11,16-19,22-23H2,1-4H3,(H,38,39). The number of rotatable bonds is 12. The van der Waals surface area contributed by atoms with E-state index in [0.29, 0.717) is 12.3 Å². The Hall–Kier alpha value is -4.40. The first-order chi connectivity index (χ1) is 21.8. The van der Waals surface area contributed by atoms with Crippen molar-refractivity contribution in [2.75, 3.05) is 13.9 Å². The summed E-state index contributed by atoms with van der Waals surface area (Å²) in [7, 11) is 1.43. The van der Waals surface area contributed by atoms with Crippen LogP contribution in [-0.2, 0) is 31.9 Å². The van der Waals surface area contributed by atoms with Crippen molar-refractivity contribution in [3.05, 3.63) is 89.7 Å². The molecule has 1 saturated heterocycles. The molecule has 0 aliphatic carbocycles. The monoisotopic (exact) mass is 616 g/mol. The zero-order valence-electron chi connectivity index (χ0n) is 26.6. The highest BCUT2D eigenvalue weighted by Crippen LogP contribution is 2.34. The molecule has 1 amide bonds. The van der Waals surface area contributed by atoms with Crippen molar-refractivity contribution >= 4 is 17.8 Å². The summed E-state index contributed by atoms with van der Waals surface area (Å²) in [6.07, 6.45) is 5.74. The van der Waals surface area contributed by atoms with E-state index in [9.17, 15) is 14.4 Å². The maximum Gasteiger partial charge on any atom is 0.328 e. The van der Waals surface area contributed by atoms with Gasteiger partial charge in [0.15, 0.2) is 17.2 Å². The SMILES string of the molecule is COc1ccnc(C(=O)NC2CCCC(Cc3ccccc3)C(CCc3ccccc3)C(C)OC2=O)c1OCOC(=O)C(C)C. The van der Waals surface area contributed by atoms with Crippen LogP contribution in [0.3, 0.4) is 0 Å². The number of nitrogens with zero attached hydrogens (tertiary/aromatic N) is 1. The molecule has 1 aliphatic rings. The number of benzene rings is 2. The average molecular weight is 617 g/mol. The van der Waals surface area contributed by atoms with Gasteiger partial charge >= 0.3 is 11.9 Å². The third kappa shape index (κ3) is 9.54. The van der Waals surface area contributed by atoms with Crippen LogP contribution in [0.2, 0.25) is 0 Å². The summed E-state index contributed by atoms with van der Waals surface area (Å²) < 4.78 is 22.2. The minimum absolute atomic E-state index is 0.0164. The molecule has 2 heterocycles. The number of cyclic esters (lactones) is 1. The van der Waals surface area contributed by atoms with Crippen LogP contribution < -0.4 is 14.8 Å². The van der Waals surface area contributed by atoms with Gasteiger partial charge in [0.1, 0.15) is 12.1 Å². The van der Waals surface area contributed by atoms with Gasteiger partial charge in [-0.1, -0.05) is 80.9 Å². The summed E-state index contributed by atoms with van der Waals surface area (Å²) in [5.74, 6) is -1.19. The molecule has 1 aromatic heterocycles. The largest absolute Gasteiger partial charge is 0.493 e. The van der Waals surface area contributed by atoms with Gasteiger partial charge in [-0.15, -0.1) is 0 Å². The predicted octanol–water partition coefficient (Wildman–Crippen LogP) is 5.95. The van der Waals surface area contributed by atoms with Crippen LogP contribution in [0.4, 0.5) is 0 Å². The summed E-state index contributed by atoms with van der Waals surface area (Å²) in [5.41, 5.74) is 2.42. The van der Waals surface area contributed by atoms with E-state index in [1.807, 2.05) is 31.2 Å². The first kappa shape index (κ1) is 33.5. The quantitative estimate of drug-likeness (QED) is 0.196. The van der Waals surface area contributed by atoms with E-state index in [-0.39, 0.29) is 35.1 Å². The maximum absolute atomic E-state index is 13.5. The fourth-order valence-corrected chi connectivity index (χ4v) is 5.83. The van der Waals surface area contributed by atoms with Gasteiger partial charge in [0.05, 0.1) is 13.0 Å². The summed E-state index contributed by atoms with van der Waals surface area (Å²) in [5, 5.41) is 2.83. The molecule has 2 aromatic carbocycles. The lowest BCUT2D eigenvalue weighted by Gasteiger charge is -2.31. The van der Waals surface area contributed by atoms with E-state index in [2.05, 4.69) is 46.7 Å². The van der Waals surface area contributed by atoms with E-state index in [4.69, 9.17) is 18.9 Å². The number of esters is 2. The number of aromatic nitrogens is 1. The number of aryl methyl sites for hydroxylation is 1. The van der Waals surface area contributed by atoms with Crippen LogP contribution in [-0.4, -0.2) is 48.9 Å². The molecular weight excluding hydrogens is 572 g/mol. The molecule has 3 aromatic rings. The number of methoxy groups -OCH3 is 1. The average Bonchev–Trinajstić information content (AvgIpc) is 3.09. The van der Waals surface area contributed by atoms with E-state index < -0.39 is 30.7 Å². The molecule has 4 unspecified atom stereocenters. The Balaban J connectivity index is 1.50. The van der Waals surface area contributed by atoms with Crippen molar-refractivity contribution in [3.63, 3.8) is 0 Å². The van der Waals surface area contributed by atoms with Gasteiger partial charge in [-0.2, -0.15) is 0 Å². The van der Waals surface area contributed by atoms with Crippen molar-refractivity contribution < 1.29 is 33.3 Å². The van der Waals surface area contributed by atoms with E-state index >= 15 is 0 Å². The number of nitrogens with one attached hydrogen (secondary N) is 1. The summed E-state index contributed by atoms with van der Waals surface area (Å²) >= 11 is 0. The number of hydrogen-bond acceptors (Lipinski definition) is 8. The van der Waals surface area contributed by atoms with Crippen molar-refractivity contribution in [2.24, 2.45) is 17.8 Å². The fourth-order valence-electron chi connectivity index (χ4n) is 5.83. The normalized spacial score (nSPS) is 20.2. The van der Waals surface area contributed by atoms with Gasteiger partial charge in [-0.3, -0.25) is 9.59 Å². The Bertz CT molecular complexity index is 1400. The second kappa shape index (κ2) is 16.6. The molecule has 0 saturated carbocycles. The van der Waals surface area contributed by atoms with Crippen LogP contribution in [0.25, 0.3) is 0 Å². The fraction of sp³-hybridized carbons (Fsp3) is 0.444. The number of carbonyl (C=O) groups is 3. The highest BCUT2D eigenvalue weighted by Gasteiger charge is 2.35. The third-order valence-electron chi connectivity index (χ3n) is 8.30. The van der Waals surface area contributed by atoms with Crippen LogP contribution in [0, 0.1) is 17.8 Å². The summed E-state index contributed by atoms with van der Waals surface area (Å²) in [6.45, 7) is 4.95. The molecule has 0 radical (unpaired) electrons. The first-order valence-corrected chi connectivity index (χ1v) is 15.7. The second-order valence-electron chi connectivity index (χ2n) is 11.8. The first-order valence-electron chi connectivity index (χ1n) is 15.7. The molecule has 1 N–H and O–H groups in total. The summed E-state index contributed by atoms with van der Waals surface area (Å²) in [4.78, 5) is 43.2. The third-order valence-corrected chi connectivity index (χ3v) is 8.30. The molecule has 0 bridgehead atoms. The molecule has 4 atom stereocenters. The Kier molecular flexibility index (Phi) is 12.4. The lowest BCUT2D eigenvalue weighted by Crippen LogP contribution is -2.43. The van der Waals surface area contributed by atoms with Crippen molar-refractivity contribution in [2.45, 2.75) is 71.4 Å². The zero-order chi connectivity index (χ0) is 32.2. The Morgan fingerprint density at radius 3 is 2.36 bits per heavy atom. The van der Waals surface area contributed by atoms with Gasteiger partial charge in [0.2, 0.25) is 6.79 Å². The Morgan fingerprint density at radius 1 is 1.00 bits per heavy atom. The minimum atomic E-state index is -0.871. The topological polar surface area (TPSA) is 113 Å². The minimum Gasteiger partial charge on any atom is -0.493 e. The molecule has 4 rings (SSSR count). The number of hydrogen-bond donors (Lipinski definition) is 1. The zero-order valence-corrected chi connectivity index (χ0v) is 26.6. The Labute approximate surface area is 265 Å². The van der Waals surface area contributed by atoms with E-state index in [1.165, 1.54) is 30.5 Å². The van der Waals surface area contributed by atoms with Crippen LogP contribution in [0.1, 0.15) is 68.1 Å². The van der Waals surface area contributed by atoms with Gasteiger partial charge in [-0.25, -0.2) is 9.78 Å². The number of pyridine rings is 1. The second-order valence-corrected chi connectivity index (χ2v) is 11.8. The van der Waals surface area contributed by atoms with Gasteiger partial charge in [0, 0.05) is 12.3 Å². The van der Waals surface area contributed by atoms with Crippen LogP contribution >= 0.6 is 0 Å². The van der Waals surface area contributed by atoms with Gasteiger partial charge in [0.25, 0.3) is 5.91 Å². The number of ether oxygens (including phenoxy) is 4. The molecule has 9 nitrogen and oxygen atoms in total. The summed E-state index contributed by atoms with van der Waals surface area (Å²) in [6, 6.07) is 21.4. The van der Waals surface area contributed by atoms with Crippen LogP contribution in [0.5, 0.6) is 11.5 Å². The molecule has 9 heteroatoms. The van der Waals surface area contributed by atoms with Gasteiger partial charge < -0.3 is 24.3 Å². The van der Waals surface area contributed by atoms with E-state index in [1.54, 1.807) is 13.8 Å². The van der Waals surface area contributed by atoms with Crippen LogP contribution in [0.15, 0.2) is 72.9 Å². The molecular formula is C36H44N2O7. The Morgan fingerprint density at radius 2 is 1.69 bits per heavy atom.